The number of thioether (sulfide) groups is 1. The maximum Gasteiger partial charge on any atom is 0.115 e. The van der Waals surface area contributed by atoms with E-state index >= 15 is 0 Å². The molecular weight excluding hydrogens is 368 g/mol. The first-order valence-electron chi connectivity index (χ1n) is 8.56. The number of nitriles is 1. The monoisotopic (exact) mass is 384 g/mol. The summed E-state index contributed by atoms with van der Waals surface area (Å²) in [5, 5.41) is 12.7. The van der Waals surface area contributed by atoms with E-state index in [0.29, 0.717) is 5.56 Å². The van der Waals surface area contributed by atoms with Crippen LogP contribution in [0.5, 0.6) is 0 Å². The van der Waals surface area contributed by atoms with E-state index in [9.17, 15) is 5.26 Å². The summed E-state index contributed by atoms with van der Waals surface area (Å²) in [5.74, 6) is 0.782. The molecule has 130 valence electrons. The van der Waals surface area contributed by atoms with Crippen LogP contribution in [-0.2, 0) is 5.75 Å². The Morgan fingerprint density at radius 3 is 2.33 bits per heavy atom. The first-order chi connectivity index (χ1) is 13.3. The van der Waals surface area contributed by atoms with E-state index in [1.165, 1.54) is 5.56 Å². The molecule has 0 aliphatic rings. The van der Waals surface area contributed by atoms with Crippen molar-refractivity contribution in [3.8, 4) is 27.8 Å². The summed E-state index contributed by atoms with van der Waals surface area (Å²) in [6.07, 6.45) is 0. The van der Waals surface area contributed by atoms with Gasteiger partial charge in [-0.05, 0) is 23.1 Å². The highest BCUT2D eigenvalue weighted by Crippen LogP contribution is 2.36. The molecule has 4 aromatic rings. The molecule has 4 rings (SSSR count). The van der Waals surface area contributed by atoms with Crippen LogP contribution in [0.2, 0.25) is 0 Å². The van der Waals surface area contributed by atoms with Crippen molar-refractivity contribution in [2.45, 2.75) is 10.8 Å². The van der Waals surface area contributed by atoms with Gasteiger partial charge in [-0.25, -0.2) is 4.98 Å². The van der Waals surface area contributed by atoms with E-state index in [1.807, 2.05) is 53.9 Å². The Balaban J connectivity index is 1.80. The molecule has 4 heteroatoms. The van der Waals surface area contributed by atoms with Crippen LogP contribution in [-0.4, -0.2) is 4.98 Å². The van der Waals surface area contributed by atoms with Gasteiger partial charge in [-0.3, -0.25) is 0 Å². The maximum atomic E-state index is 9.86. The van der Waals surface area contributed by atoms with Crippen molar-refractivity contribution in [2.75, 3.05) is 0 Å². The van der Waals surface area contributed by atoms with Gasteiger partial charge >= 0.3 is 0 Å². The molecule has 2 aromatic carbocycles. The highest BCUT2D eigenvalue weighted by atomic mass is 32.2. The minimum absolute atomic E-state index is 0.651. The van der Waals surface area contributed by atoms with Crippen molar-refractivity contribution in [3.63, 3.8) is 0 Å². The highest BCUT2D eigenvalue weighted by molar-refractivity contribution is 7.98. The van der Waals surface area contributed by atoms with E-state index in [0.717, 1.165) is 32.5 Å². The van der Waals surface area contributed by atoms with E-state index in [4.69, 9.17) is 4.98 Å². The Kier molecular flexibility index (Phi) is 5.34. The Bertz CT molecular complexity index is 1070. The molecule has 0 unspecified atom stereocenters. The largest absolute Gasteiger partial charge is 0.240 e. The van der Waals surface area contributed by atoms with E-state index in [-0.39, 0.29) is 0 Å². The average molecular weight is 385 g/mol. The molecule has 0 saturated heterocycles. The molecule has 0 N–H and O–H groups in total. The Morgan fingerprint density at radius 1 is 0.926 bits per heavy atom. The van der Waals surface area contributed by atoms with Gasteiger partial charge < -0.3 is 0 Å². The average Bonchev–Trinajstić information content (AvgIpc) is 3.27. The number of pyridine rings is 1. The smallest absolute Gasteiger partial charge is 0.115 e. The molecule has 0 radical (unpaired) electrons. The van der Waals surface area contributed by atoms with Crippen LogP contribution in [0, 0.1) is 11.3 Å². The molecule has 0 amide bonds. The zero-order valence-electron chi connectivity index (χ0n) is 14.5. The SMILES string of the molecule is N#Cc1c(-c2cccs2)cc(-c2ccccc2)nc1SCc1ccccc1. The topological polar surface area (TPSA) is 36.7 Å². The van der Waals surface area contributed by atoms with Crippen LogP contribution >= 0.6 is 23.1 Å². The predicted octanol–water partition coefficient (Wildman–Crippen LogP) is 6.64. The number of hydrogen-bond acceptors (Lipinski definition) is 4. The zero-order valence-corrected chi connectivity index (χ0v) is 16.1. The van der Waals surface area contributed by atoms with Crippen molar-refractivity contribution >= 4 is 23.1 Å². The second kappa shape index (κ2) is 8.22. The molecule has 0 spiro atoms. The number of benzene rings is 2. The summed E-state index contributed by atoms with van der Waals surface area (Å²) < 4.78 is 0. The van der Waals surface area contributed by atoms with Crippen molar-refractivity contribution in [1.29, 1.82) is 5.26 Å². The zero-order chi connectivity index (χ0) is 18.5. The van der Waals surface area contributed by atoms with Crippen LogP contribution in [0.3, 0.4) is 0 Å². The van der Waals surface area contributed by atoms with Gasteiger partial charge in [-0.1, -0.05) is 66.7 Å². The molecule has 2 heterocycles. The Morgan fingerprint density at radius 2 is 1.67 bits per heavy atom. The van der Waals surface area contributed by atoms with Gasteiger partial charge in [0.1, 0.15) is 11.1 Å². The number of thiophene rings is 1. The summed E-state index contributed by atoms with van der Waals surface area (Å²) in [5.41, 5.74) is 4.78. The Labute approximate surface area is 167 Å². The number of nitrogens with zero attached hydrogens (tertiary/aromatic N) is 2. The van der Waals surface area contributed by atoms with E-state index in [2.05, 4.69) is 36.4 Å². The molecule has 0 saturated carbocycles. The van der Waals surface area contributed by atoms with Crippen molar-refractivity contribution < 1.29 is 0 Å². The molecular formula is C23H16N2S2. The summed E-state index contributed by atoms with van der Waals surface area (Å²) in [6, 6.07) is 28.9. The van der Waals surface area contributed by atoms with Crippen LogP contribution < -0.4 is 0 Å². The molecule has 0 aliphatic heterocycles. The van der Waals surface area contributed by atoms with Crippen molar-refractivity contribution in [2.24, 2.45) is 0 Å². The first kappa shape index (κ1) is 17.5. The molecule has 2 aromatic heterocycles. The normalized spacial score (nSPS) is 10.5. The highest BCUT2D eigenvalue weighted by Gasteiger charge is 2.16. The summed E-state index contributed by atoms with van der Waals surface area (Å²) in [4.78, 5) is 5.93. The van der Waals surface area contributed by atoms with Gasteiger partial charge in [-0.2, -0.15) is 5.26 Å². The Hall–Kier alpha value is -2.87. The minimum Gasteiger partial charge on any atom is -0.240 e. The fourth-order valence-corrected chi connectivity index (χ4v) is 4.55. The van der Waals surface area contributed by atoms with E-state index < -0.39 is 0 Å². The fraction of sp³-hybridized carbons (Fsp3) is 0.0435. The molecule has 0 aliphatic carbocycles. The minimum atomic E-state index is 0.651. The van der Waals surface area contributed by atoms with E-state index in [1.54, 1.807) is 23.1 Å². The van der Waals surface area contributed by atoms with Gasteiger partial charge in [0.15, 0.2) is 0 Å². The third-order valence-corrected chi connectivity index (χ3v) is 6.12. The number of hydrogen-bond donors (Lipinski definition) is 0. The predicted molar refractivity (Wildman–Crippen MR) is 114 cm³/mol. The third-order valence-electron chi connectivity index (χ3n) is 4.17. The van der Waals surface area contributed by atoms with Crippen LogP contribution in [0.1, 0.15) is 11.1 Å². The maximum absolute atomic E-state index is 9.86. The summed E-state index contributed by atoms with van der Waals surface area (Å²) in [6.45, 7) is 0. The second-order valence-electron chi connectivity index (χ2n) is 5.96. The standard InChI is InChI=1S/C23H16N2S2/c24-15-20-19(22-12-7-13-26-22)14-21(18-10-5-2-6-11-18)25-23(20)27-16-17-8-3-1-4-9-17/h1-14H,16H2. The number of rotatable bonds is 5. The first-order valence-corrected chi connectivity index (χ1v) is 10.4. The summed E-state index contributed by atoms with van der Waals surface area (Å²) in [7, 11) is 0. The van der Waals surface area contributed by atoms with Crippen LogP contribution in [0.25, 0.3) is 21.7 Å². The van der Waals surface area contributed by atoms with Gasteiger partial charge in [-0.15, -0.1) is 23.1 Å². The molecule has 2 nitrogen and oxygen atoms in total. The van der Waals surface area contributed by atoms with Crippen LogP contribution in [0.15, 0.2) is 89.3 Å². The summed E-state index contributed by atoms with van der Waals surface area (Å²) >= 11 is 3.26. The number of aromatic nitrogens is 1. The van der Waals surface area contributed by atoms with Gasteiger partial charge in [0.25, 0.3) is 0 Å². The van der Waals surface area contributed by atoms with Gasteiger partial charge in [0, 0.05) is 21.8 Å². The van der Waals surface area contributed by atoms with Gasteiger partial charge in [0.05, 0.1) is 11.3 Å². The lowest BCUT2D eigenvalue weighted by atomic mass is 10.0. The second-order valence-corrected chi connectivity index (χ2v) is 7.88. The molecule has 0 atom stereocenters. The lowest BCUT2D eigenvalue weighted by Gasteiger charge is -2.11. The fourth-order valence-electron chi connectivity index (χ4n) is 2.84. The lowest BCUT2D eigenvalue weighted by Crippen LogP contribution is -1.95. The third kappa shape index (κ3) is 3.95. The van der Waals surface area contributed by atoms with Crippen molar-refractivity contribution in [1.82, 2.24) is 4.98 Å². The molecule has 0 fully saturated rings. The van der Waals surface area contributed by atoms with Crippen molar-refractivity contribution in [3.05, 3.63) is 95.4 Å². The molecule has 27 heavy (non-hydrogen) atoms. The molecule has 0 bridgehead atoms. The van der Waals surface area contributed by atoms with Gasteiger partial charge in [0.2, 0.25) is 0 Å². The van der Waals surface area contributed by atoms with Crippen LogP contribution in [0.4, 0.5) is 0 Å². The lowest BCUT2D eigenvalue weighted by molar-refractivity contribution is 1.12. The quantitative estimate of drug-likeness (QED) is 0.362.